The van der Waals surface area contributed by atoms with Crippen molar-refractivity contribution in [3.05, 3.63) is 35.1 Å². The Labute approximate surface area is 102 Å². The van der Waals surface area contributed by atoms with E-state index >= 15 is 0 Å². The topological polar surface area (TPSA) is 43.4 Å². The summed E-state index contributed by atoms with van der Waals surface area (Å²) in [4.78, 5) is 22.6. The van der Waals surface area contributed by atoms with Gasteiger partial charge in [0.15, 0.2) is 5.78 Å². The molecular formula is C12H11F3O3. The summed E-state index contributed by atoms with van der Waals surface area (Å²) in [6.07, 6.45) is -0.210. The number of Topliss-reactive ketones (excluding diaryl/α,β-unsaturated/α-hetero) is 1. The molecule has 0 radical (unpaired) electrons. The van der Waals surface area contributed by atoms with E-state index in [-0.39, 0.29) is 6.61 Å². The van der Waals surface area contributed by atoms with Crippen molar-refractivity contribution in [3.8, 4) is 0 Å². The van der Waals surface area contributed by atoms with Crippen LogP contribution in [0.5, 0.6) is 0 Å². The molecule has 0 aliphatic carbocycles. The van der Waals surface area contributed by atoms with E-state index in [0.717, 1.165) is 0 Å². The first kappa shape index (κ1) is 14.2. The van der Waals surface area contributed by atoms with Crippen LogP contribution in [0.1, 0.15) is 30.1 Å². The average Bonchev–Trinajstić information content (AvgIpc) is 2.24. The maximum atomic E-state index is 13.2. The molecule has 0 spiro atoms. The molecule has 0 aromatic heterocycles. The van der Waals surface area contributed by atoms with Gasteiger partial charge in [0.05, 0.1) is 12.2 Å². The van der Waals surface area contributed by atoms with Crippen LogP contribution >= 0.6 is 0 Å². The van der Waals surface area contributed by atoms with Gasteiger partial charge in [-0.25, -0.2) is 13.2 Å². The largest absolute Gasteiger partial charge is 0.465 e. The molecule has 1 aromatic rings. The summed E-state index contributed by atoms with van der Waals surface area (Å²) in [7, 11) is 0. The lowest BCUT2D eigenvalue weighted by molar-refractivity contribution is -0.142. The fraction of sp³-hybridized carbons (Fsp3) is 0.333. The van der Waals surface area contributed by atoms with Crippen molar-refractivity contribution in [2.45, 2.75) is 19.8 Å². The zero-order chi connectivity index (χ0) is 13.7. The zero-order valence-electron chi connectivity index (χ0n) is 9.63. The molecular weight excluding hydrogens is 249 g/mol. The number of rotatable bonds is 5. The molecule has 0 unspecified atom stereocenters. The first-order chi connectivity index (χ1) is 8.45. The van der Waals surface area contributed by atoms with Crippen LogP contribution in [-0.2, 0) is 9.53 Å². The second-order valence-electron chi connectivity index (χ2n) is 3.56. The summed E-state index contributed by atoms with van der Waals surface area (Å²) < 4.78 is 43.6. The highest BCUT2D eigenvalue weighted by Gasteiger charge is 2.21. The predicted molar refractivity (Wildman–Crippen MR) is 56.5 cm³/mol. The summed E-state index contributed by atoms with van der Waals surface area (Å²) in [5.41, 5.74) is -0.926. The maximum Gasteiger partial charge on any atom is 0.313 e. The van der Waals surface area contributed by atoms with Gasteiger partial charge in [0.25, 0.3) is 0 Å². The maximum absolute atomic E-state index is 13.2. The first-order valence-electron chi connectivity index (χ1n) is 5.29. The molecule has 98 valence electrons. The van der Waals surface area contributed by atoms with E-state index in [1.54, 1.807) is 6.92 Å². The Morgan fingerprint density at radius 2 is 1.72 bits per heavy atom. The number of carbonyl (C=O) groups excluding carboxylic acids is 2. The Balaban J connectivity index is 2.82. The molecule has 6 heteroatoms. The number of hydrogen-bond donors (Lipinski definition) is 0. The van der Waals surface area contributed by atoms with E-state index in [1.807, 2.05) is 0 Å². The van der Waals surface area contributed by atoms with E-state index in [0.29, 0.717) is 18.6 Å². The fourth-order valence-corrected chi connectivity index (χ4v) is 1.29. The number of esters is 1. The molecule has 0 amide bonds. The third kappa shape index (κ3) is 3.58. The molecule has 3 nitrogen and oxygen atoms in total. The van der Waals surface area contributed by atoms with Crippen molar-refractivity contribution in [1.82, 2.24) is 0 Å². The van der Waals surface area contributed by atoms with Crippen LogP contribution in [0.4, 0.5) is 13.2 Å². The Kier molecular flexibility index (Phi) is 4.88. The highest BCUT2D eigenvalue weighted by atomic mass is 19.1. The van der Waals surface area contributed by atoms with Gasteiger partial charge in [-0.1, -0.05) is 6.92 Å². The molecule has 18 heavy (non-hydrogen) atoms. The highest BCUT2D eigenvalue weighted by Crippen LogP contribution is 2.16. The summed E-state index contributed by atoms with van der Waals surface area (Å²) in [6, 6.07) is 0.765. The van der Waals surface area contributed by atoms with Crippen molar-refractivity contribution in [1.29, 1.82) is 0 Å². The van der Waals surface area contributed by atoms with Crippen LogP contribution in [-0.4, -0.2) is 18.4 Å². The SMILES string of the molecule is CCCOC(=O)CC(=O)c1c(F)cc(F)cc1F. The summed E-state index contributed by atoms with van der Waals surface area (Å²) in [6.45, 7) is 1.88. The normalized spacial score (nSPS) is 10.2. The van der Waals surface area contributed by atoms with Gasteiger partial charge in [-0.2, -0.15) is 0 Å². The van der Waals surface area contributed by atoms with Crippen LogP contribution in [0.3, 0.4) is 0 Å². The Bertz CT molecular complexity index is 449. The number of benzene rings is 1. The van der Waals surface area contributed by atoms with Gasteiger partial charge in [-0.15, -0.1) is 0 Å². The van der Waals surface area contributed by atoms with Crippen LogP contribution < -0.4 is 0 Å². The highest BCUT2D eigenvalue weighted by molar-refractivity contribution is 6.06. The minimum Gasteiger partial charge on any atom is -0.465 e. The molecule has 0 saturated carbocycles. The smallest absolute Gasteiger partial charge is 0.313 e. The van der Waals surface area contributed by atoms with Gasteiger partial charge in [0, 0.05) is 12.1 Å². The monoisotopic (exact) mass is 260 g/mol. The summed E-state index contributed by atoms with van der Waals surface area (Å²) in [5.74, 6) is -5.74. The van der Waals surface area contributed by atoms with Gasteiger partial charge >= 0.3 is 5.97 Å². The summed E-state index contributed by atoms with van der Waals surface area (Å²) >= 11 is 0. The summed E-state index contributed by atoms with van der Waals surface area (Å²) in [5, 5.41) is 0. The lowest BCUT2D eigenvalue weighted by Gasteiger charge is -2.05. The van der Waals surface area contributed by atoms with Crippen molar-refractivity contribution in [3.63, 3.8) is 0 Å². The Hall–Kier alpha value is -1.85. The number of ether oxygens (including phenoxy) is 1. The van der Waals surface area contributed by atoms with Gasteiger partial charge in [-0.3, -0.25) is 9.59 Å². The van der Waals surface area contributed by atoms with Gasteiger partial charge in [-0.05, 0) is 6.42 Å². The lowest BCUT2D eigenvalue weighted by Crippen LogP contribution is -2.14. The van der Waals surface area contributed by atoms with E-state index in [1.165, 1.54) is 0 Å². The molecule has 0 saturated heterocycles. The third-order valence-corrected chi connectivity index (χ3v) is 2.06. The lowest BCUT2D eigenvalue weighted by atomic mass is 10.1. The second kappa shape index (κ2) is 6.18. The second-order valence-corrected chi connectivity index (χ2v) is 3.56. The van der Waals surface area contributed by atoms with Crippen molar-refractivity contribution < 1.29 is 27.5 Å². The van der Waals surface area contributed by atoms with Crippen LogP contribution in [0, 0.1) is 17.5 Å². The number of hydrogen-bond acceptors (Lipinski definition) is 3. The van der Waals surface area contributed by atoms with E-state index in [9.17, 15) is 22.8 Å². The van der Waals surface area contributed by atoms with Gasteiger partial charge in [0.2, 0.25) is 0 Å². The van der Waals surface area contributed by atoms with E-state index in [2.05, 4.69) is 4.74 Å². The number of ketones is 1. The number of halogens is 3. The Morgan fingerprint density at radius 3 is 2.22 bits per heavy atom. The molecule has 0 aliphatic rings. The van der Waals surface area contributed by atoms with Crippen molar-refractivity contribution in [2.75, 3.05) is 6.61 Å². The van der Waals surface area contributed by atoms with Crippen LogP contribution in [0.2, 0.25) is 0 Å². The molecule has 0 atom stereocenters. The van der Waals surface area contributed by atoms with Crippen LogP contribution in [0.25, 0.3) is 0 Å². The van der Waals surface area contributed by atoms with Gasteiger partial charge in [0.1, 0.15) is 23.9 Å². The first-order valence-corrected chi connectivity index (χ1v) is 5.29. The predicted octanol–water partition coefficient (Wildman–Crippen LogP) is 2.63. The molecule has 1 rings (SSSR count). The minimum absolute atomic E-state index is 0.125. The standard InChI is InChI=1S/C12H11F3O3/c1-2-3-18-11(17)6-10(16)12-8(14)4-7(13)5-9(12)15/h4-5H,2-3,6H2,1H3. The van der Waals surface area contributed by atoms with Crippen molar-refractivity contribution in [2.24, 2.45) is 0 Å². The van der Waals surface area contributed by atoms with Crippen LogP contribution in [0.15, 0.2) is 12.1 Å². The molecule has 0 fully saturated rings. The Morgan fingerprint density at radius 1 is 1.17 bits per heavy atom. The fourth-order valence-electron chi connectivity index (χ4n) is 1.29. The average molecular weight is 260 g/mol. The minimum atomic E-state index is -1.33. The van der Waals surface area contributed by atoms with E-state index in [4.69, 9.17) is 0 Å². The molecule has 0 N–H and O–H groups in total. The van der Waals surface area contributed by atoms with E-state index < -0.39 is 41.2 Å². The number of carbonyl (C=O) groups is 2. The van der Waals surface area contributed by atoms with Crippen molar-refractivity contribution >= 4 is 11.8 Å². The van der Waals surface area contributed by atoms with Gasteiger partial charge < -0.3 is 4.74 Å². The zero-order valence-corrected chi connectivity index (χ0v) is 9.63. The molecule has 1 aromatic carbocycles. The molecule has 0 heterocycles. The quantitative estimate of drug-likeness (QED) is 0.464. The third-order valence-electron chi connectivity index (χ3n) is 2.06. The molecule has 0 aliphatic heterocycles. The molecule has 0 bridgehead atoms.